The van der Waals surface area contributed by atoms with Crippen LogP contribution < -0.4 is 18.9 Å². The Kier molecular flexibility index (Phi) is 32.1. The zero-order valence-corrected chi connectivity index (χ0v) is 62.0. The van der Waals surface area contributed by atoms with E-state index in [2.05, 4.69) is 40.9 Å². The van der Waals surface area contributed by atoms with Crippen LogP contribution in [0.3, 0.4) is 0 Å². The first kappa shape index (κ1) is 86.6. The third-order valence-electron chi connectivity index (χ3n) is 13.6. The molecule has 45 heteroatoms. The lowest BCUT2D eigenvalue weighted by Gasteiger charge is -2.15. The van der Waals surface area contributed by atoms with Gasteiger partial charge in [-0.2, -0.15) is 72.8 Å². The lowest BCUT2D eigenvalue weighted by atomic mass is 9.98. The fourth-order valence-corrected chi connectivity index (χ4v) is 12.2. The Labute approximate surface area is 610 Å². The average molecular weight is 1630 g/mol. The normalized spacial score (nSPS) is 11.9. The summed E-state index contributed by atoms with van der Waals surface area (Å²) in [7, 11) is -32.5. The molecular formula is C61H62N8O29S8. The van der Waals surface area contributed by atoms with Crippen LogP contribution in [-0.4, -0.2) is 146 Å². The molecule has 0 spiro atoms. The third kappa shape index (κ3) is 29.5. The summed E-state index contributed by atoms with van der Waals surface area (Å²) in [5.74, 6) is -0.696. The van der Waals surface area contributed by atoms with E-state index in [1.165, 1.54) is 60.7 Å². The molecule has 0 aliphatic carbocycles. The molecule has 0 atom stereocenters. The first-order valence-electron chi connectivity index (χ1n) is 30.0. The van der Waals surface area contributed by atoms with Crippen molar-refractivity contribution in [3.63, 3.8) is 0 Å². The molecular weight excluding hydrogens is 1570 g/mol. The number of ketones is 1. The predicted molar refractivity (Wildman–Crippen MR) is 375 cm³/mol. The fraction of sp³-hybridized carbons (Fsp3) is 0.262. The maximum absolute atomic E-state index is 14.2. The van der Waals surface area contributed by atoms with Crippen molar-refractivity contribution in [2.45, 2.75) is 80.9 Å². The third-order valence-corrected chi connectivity index (χ3v) is 17.8. The maximum Gasteiger partial charge on any atom is 0.425 e. The number of ether oxygens (including phenoxy) is 4. The van der Waals surface area contributed by atoms with Crippen LogP contribution in [0.25, 0.3) is 21.5 Å². The number of benzene rings is 8. The van der Waals surface area contributed by atoms with Crippen molar-refractivity contribution in [2.75, 3.05) is 37.9 Å². The van der Waals surface area contributed by atoms with E-state index >= 15 is 0 Å². The van der Waals surface area contributed by atoms with E-state index < -0.39 is 104 Å². The molecule has 0 bridgehead atoms. The number of rotatable bonds is 31. The van der Waals surface area contributed by atoms with Crippen LogP contribution in [0.1, 0.15) is 61.8 Å². The molecule has 0 unspecified atom stereocenters. The molecule has 8 aromatic rings. The molecule has 0 radical (unpaired) electrons. The number of carbonyl (C=O) groups excluding carboxylic acids is 1. The van der Waals surface area contributed by atoms with Gasteiger partial charge in [-0.15, -0.1) is 48.1 Å². The molecule has 568 valence electrons. The zero-order chi connectivity index (χ0) is 78.9. The van der Waals surface area contributed by atoms with E-state index in [9.17, 15) is 69.6 Å². The van der Waals surface area contributed by atoms with Gasteiger partial charge in [0, 0.05) is 59.0 Å². The average Bonchev–Trinajstić information content (AvgIpc) is 0.786. The summed E-state index contributed by atoms with van der Waals surface area (Å²) in [6.45, 7) is 7.50. The topological polar surface area (TPSA) is 578 Å². The van der Waals surface area contributed by atoms with Gasteiger partial charge in [-0.1, -0.05) is 38.1 Å². The molecule has 0 saturated heterocycles. The number of nitrogens with zero attached hydrogens (tertiary/aromatic N) is 8. The minimum Gasteiger partial charge on any atom is -0.493 e. The molecule has 0 heterocycles. The standard InChI is InChI=1S/C61H62N8O20S5.3O3S/c1-5-20-86-56-36-54(68-66-52-18-16-46(33-58(52)87-21-6-2)64-62-44-14-12-40-10-7-11-60(50(40)31-44)93(80,81)82)38(3)26-42(56)28-48(70)29-43-27-39(4)55(37-57(43)88-22-8-24-90(71,72)73)69-67-53-19-17-47(34-59(53)89-23-9-25-91(74,75)76)65-63-45-15-13-41-30-49(92(77,78)79)35-61(51(41)32-45)94(83,84)85;3*1-4(2)3/h7,10-19,26-27,30-37H,5-6,8-9,20-25,28-29H2,1-4H3,(H,71,72,73)(H,74,75,76)(H,77,78,79)(H,80,81,82)(H,83,84,85);;;. The van der Waals surface area contributed by atoms with E-state index in [1.807, 2.05) is 13.8 Å². The number of Topliss-reactive ketones (excluding diaryl/α,β-unsaturated/α-hetero) is 1. The minimum atomic E-state index is -5.02. The van der Waals surface area contributed by atoms with Crippen molar-refractivity contribution in [3.8, 4) is 23.0 Å². The molecule has 0 amide bonds. The van der Waals surface area contributed by atoms with Gasteiger partial charge in [-0.05, 0) is 140 Å². The van der Waals surface area contributed by atoms with Gasteiger partial charge in [0.1, 0.15) is 49.9 Å². The molecule has 0 aliphatic rings. The Morgan fingerprint density at radius 3 is 1.13 bits per heavy atom. The SMILES string of the molecule is CCCOc1cc(N=Nc2ccc(N=Nc3ccc4cccc(S(=O)(=O)O)c4c3)cc2OCCC)c(C)cc1CC(=O)Cc1cc(C)c(N=Nc2ccc(N=Nc3ccc4cc(S(=O)(=O)O)cc(S(=O)(=O)O)c4c3)cc2OCCCS(=O)(=O)O)cc1OCCCS(=O)(=O)O.O=S(=O)=O.O=S(=O)=O.O=S(=O)=O. The number of azo groups is 4. The second-order valence-corrected chi connectivity index (χ2v) is 30.3. The largest absolute Gasteiger partial charge is 0.493 e. The summed E-state index contributed by atoms with van der Waals surface area (Å²) in [5, 5.41) is 35.6. The van der Waals surface area contributed by atoms with E-state index in [1.54, 1.807) is 68.4 Å². The van der Waals surface area contributed by atoms with Crippen LogP contribution >= 0.6 is 0 Å². The molecule has 0 saturated carbocycles. The van der Waals surface area contributed by atoms with Crippen molar-refractivity contribution in [2.24, 2.45) is 40.9 Å². The molecule has 37 nitrogen and oxygen atoms in total. The second kappa shape index (κ2) is 39.4. The molecule has 8 rings (SSSR count). The van der Waals surface area contributed by atoms with Crippen molar-refractivity contribution in [3.05, 3.63) is 150 Å². The van der Waals surface area contributed by atoms with Gasteiger partial charge in [0.15, 0.2) is 0 Å². The highest BCUT2D eigenvalue weighted by Gasteiger charge is 2.23. The van der Waals surface area contributed by atoms with Crippen molar-refractivity contribution < 1.29 is 126 Å². The number of hydrogen-bond acceptors (Lipinski definition) is 32. The molecule has 0 aliphatic heterocycles. The highest BCUT2D eigenvalue weighted by Crippen LogP contribution is 2.40. The van der Waals surface area contributed by atoms with E-state index in [0.717, 1.165) is 6.07 Å². The first-order valence-corrected chi connectivity index (χ1v) is 40.6. The van der Waals surface area contributed by atoms with Gasteiger partial charge in [-0.3, -0.25) is 27.6 Å². The van der Waals surface area contributed by atoms with Crippen molar-refractivity contribution in [1.29, 1.82) is 0 Å². The fourth-order valence-electron chi connectivity index (χ4n) is 9.19. The van der Waals surface area contributed by atoms with Crippen LogP contribution in [0.2, 0.25) is 0 Å². The molecule has 8 aromatic carbocycles. The smallest absolute Gasteiger partial charge is 0.425 e. The predicted octanol–water partition coefficient (Wildman–Crippen LogP) is 11.2. The van der Waals surface area contributed by atoms with Crippen LogP contribution in [0.4, 0.5) is 45.5 Å². The lowest BCUT2D eigenvalue weighted by Crippen LogP contribution is -2.12. The number of fused-ring (bicyclic) bond motifs is 2. The van der Waals surface area contributed by atoms with Crippen LogP contribution in [-0.2, 0) is 100 Å². The van der Waals surface area contributed by atoms with Crippen LogP contribution in [0.15, 0.2) is 183 Å². The molecule has 5 N–H and O–H groups in total. The summed E-state index contributed by atoms with van der Waals surface area (Å²) in [5.41, 5.74) is 4.02. The number of hydrogen-bond donors (Lipinski definition) is 5. The van der Waals surface area contributed by atoms with Crippen molar-refractivity contribution >= 4 is 155 Å². The highest BCUT2D eigenvalue weighted by molar-refractivity contribution is 7.87. The maximum atomic E-state index is 14.2. The van der Waals surface area contributed by atoms with E-state index in [0.29, 0.717) is 94.0 Å². The van der Waals surface area contributed by atoms with Gasteiger partial charge in [-0.25, -0.2) is 0 Å². The van der Waals surface area contributed by atoms with Crippen molar-refractivity contribution in [1.82, 2.24) is 0 Å². The van der Waals surface area contributed by atoms with E-state index in [4.69, 9.17) is 56.8 Å². The summed E-state index contributed by atoms with van der Waals surface area (Å²) in [6, 6.07) is 30.5. The molecule has 0 fully saturated rings. The zero-order valence-electron chi connectivity index (χ0n) is 55.5. The highest BCUT2D eigenvalue weighted by atomic mass is 32.2. The van der Waals surface area contributed by atoms with Gasteiger partial charge >= 0.3 is 31.8 Å². The quantitative estimate of drug-likeness (QED) is 0.0153. The molecule has 106 heavy (non-hydrogen) atoms. The van der Waals surface area contributed by atoms with Crippen LogP contribution in [0, 0.1) is 13.8 Å². The summed E-state index contributed by atoms with van der Waals surface area (Å²) in [4.78, 5) is 12.3. The first-order chi connectivity index (χ1) is 49.5. The van der Waals surface area contributed by atoms with Crippen LogP contribution in [0.5, 0.6) is 23.0 Å². The number of aryl methyl sites for hydroxylation is 2. The summed E-state index contributed by atoms with van der Waals surface area (Å²) < 4.78 is 267. The Bertz CT molecular complexity index is 5630. The number of carbonyl (C=O) groups is 1. The molecule has 0 aromatic heterocycles. The monoisotopic (exact) mass is 1630 g/mol. The van der Waals surface area contributed by atoms with Gasteiger partial charge < -0.3 is 18.9 Å². The van der Waals surface area contributed by atoms with E-state index in [-0.39, 0.29) is 100.0 Å². The Balaban J connectivity index is 0.00000156. The lowest BCUT2D eigenvalue weighted by molar-refractivity contribution is -0.117. The summed E-state index contributed by atoms with van der Waals surface area (Å²) >= 11 is 0. The van der Waals surface area contributed by atoms with Gasteiger partial charge in [0.05, 0.1) is 77.0 Å². The Hall–Kier alpha value is -10.0. The Morgan fingerprint density at radius 1 is 0.377 bits per heavy atom. The minimum absolute atomic E-state index is 0.00294. The van der Waals surface area contributed by atoms with Gasteiger partial charge in [0.2, 0.25) is 0 Å². The Morgan fingerprint density at radius 2 is 0.736 bits per heavy atom. The second-order valence-electron chi connectivity index (χ2n) is 21.7. The van der Waals surface area contributed by atoms with Gasteiger partial charge in [0.25, 0.3) is 50.6 Å². The summed E-state index contributed by atoms with van der Waals surface area (Å²) in [6.07, 6.45) is 0.693.